The number of rotatable bonds is 13. The Morgan fingerprint density at radius 3 is 1.78 bits per heavy atom. The topological polar surface area (TPSA) is 202 Å². The lowest BCUT2D eigenvalue weighted by molar-refractivity contribution is -0.143. The van der Waals surface area contributed by atoms with Gasteiger partial charge in [0.25, 0.3) is 0 Å². The van der Waals surface area contributed by atoms with Crippen LogP contribution in [0.3, 0.4) is 0 Å². The second-order valence-electron chi connectivity index (χ2n) is 9.62. The van der Waals surface area contributed by atoms with Gasteiger partial charge in [-0.1, -0.05) is 36.4 Å². The van der Waals surface area contributed by atoms with Gasteiger partial charge in [0.05, 0.1) is 12.6 Å². The first-order valence-electron chi connectivity index (χ1n) is 12.9. The first kappa shape index (κ1) is 29.6. The van der Waals surface area contributed by atoms with Crippen LogP contribution in [-0.4, -0.2) is 80.4 Å². The van der Waals surface area contributed by atoms with E-state index in [1.807, 2.05) is 48.5 Å². The highest BCUT2D eigenvalue weighted by Crippen LogP contribution is 2.20. The Morgan fingerprint density at radius 1 is 0.756 bits per heavy atom. The van der Waals surface area contributed by atoms with Gasteiger partial charge in [0, 0.05) is 46.4 Å². The molecule has 13 heteroatoms. The number of fused-ring (bicyclic) bond motifs is 2. The third-order valence-corrected chi connectivity index (χ3v) is 7.16. The van der Waals surface area contributed by atoms with Crippen molar-refractivity contribution in [3.8, 4) is 0 Å². The first-order chi connectivity index (χ1) is 19.7. The fourth-order valence-corrected chi connectivity index (χ4v) is 4.82. The average Bonchev–Trinajstić information content (AvgIpc) is 3.57. The number of carboxylic acids is 1. The number of aliphatic hydroxyl groups excluding tert-OH is 1. The molecule has 2 heterocycles. The maximum atomic E-state index is 13.2. The number of hydrogen-bond acceptors (Lipinski definition) is 7. The zero-order chi connectivity index (χ0) is 29.5. The summed E-state index contributed by atoms with van der Waals surface area (Å²) in [4.78, 5) is 56.9. The molecule has 0 spiro atoms. The van der Waals surface area contributed by atoms with Crippen LogP contribution in [0.15, 0.2) is 60.9 Å². The van der Waals surface area contributed by atoms with Gasteiger partial charge in [-0.3, -0.25) is 14.4 Å². The zero-order valence-corrected chi connectivity index (χ0v) is 22.9. The summed E-state index contributed by atoms with van der Waals surface area (Å²) in [6, 6.07) is 10.1. The highest BCUT2D eigenvalue weighted by atomic mass is 32.1. The lowest BCUT2D eigenvalue weighted by atomic mass is 10.0. The molecule has 3 amide bonds. The van der Waals surface area contributed by atoms with Crippen molar-refractivity contribution < 1.29 is 29.4 Å². The minimum Gasteiger partial charge on any atom is -0.480 e. The van der Waals surface area contributed by atoms with Crippen molar-refractivity contribution in [2.24, 2.45) is 5.73 Å². The number of amides is 3. The summed E-state index contributed by atoms with van der Waals surface area (Å²) in [5.74, 6) is -3.61. The Balaban J connectivity index is 1.47. The van der Waals surface area contributed by atoms with Crippen molar-refractivity contribution in [2.45, 2.75) is 37.0 Å². The molecule has 0 aliphatic heterocycles. The Bertz CT molecular complexity index is 1550. The molecule has 9 N–H and O–H groups in total. The second-order valence-corrected chi connectivity index (χ2v) is 9.99. The number of carbonyl (C=O) groups excluding carboxylic acids is 3. The van der Waals surface area contributed by atoms with Crippen LogP contribution in [0.5, 0.6) is 0 Å². The molecule has 12 nitrogen and oxygen atoms in total. The molecular formula is C28H32N6O6S. The van der Waals surface area contributed by atoms with E-state index >= 15 is 0 Å². The van der Waals surface area contributed by atoms with E-state index in [4.69, 9.17) is 5.73 Å². The van der Waals surface area contributed by atoms with Gasteiger partial charge in [0.2, 0.25) is 17.7 Å². The number of carbonyl (C=O) groups is 4. The Kier molecular flexibility index (Phi) is 9.65. The minimum absolute atomic E-state index is 0.00662. The quantitative estimate of drug-likeness (QED) is 0.101. The van der Waals surface area contributed by atoms with Crippen LogP contribution in [0.2, 0.25) is 0 Å². The number of carboxylic acid groups (broad SMARTS) is 1. The summed E-state index contributed by atoms with van der Waals surface area (Å²) in [6.45, 7) is -0.835. The number of aliphatic hydroxyl groups is 1. The van der Waals surface area contributed by atoms with Gasteiger partial charge < -0.3 is 41.9 Å². The van der Waals surface area contributed by atoms with E-state index in [0.717, 1.165) is 27.4 Å². The lowest BCUT2D eigenvalue weighted by Crippen LogP contribution is -2.58. The van der Waals surface area contributed by atoms with E-state index in [2.05, 4.69) is 38.5 Å². The highest BCUT2D eigenvalue weighted by molar-refractivity contribution is 7.80. The van der Waals surface area contributed by atoms with Crippen molar-refractivity contribution in [1.29, 1.82) is 0 Å². The van der Waals surface area contributed by atoms with E-state index in [1.165, 1.54) is 0 Å². The Morgan fingerprint density at radius 2 is 1.24 bits per heavy atom. The van der Waals surface area contributed by atoms with Gasteiger partial charge in [-0.2, -0.15) is 12.6 Å². The van der Waals surface area contributed by atoms with E-state index in [1.54, 1.807) is 12.4 Å². The van der Waals surface area contributed by atoms with Crippen LogP contribution in [0.4, 0.5) is 0 Å². The number of benzene rings is 2. The molecule has 4 atom stereocenters. The first-order valence-corrected chi connectivity index (χ1v) is 13.6. The van der Waals surface area contributed by atoms with Crippen LogP contribution in [-0.2, 0) is 32.0 Å². The van der Waals surface area contributed by atoms with Crippen LogP contribution >= 0.6 is 12.6 Å². The second kappa shape index (κ2) is 13.4. The summed E-state index contributed by atoms with van der Waals surface area (Å²) in [7, 11) is 0. The van der Waals surface area contributed by atoms with E-state index < -0.39 is 54.5 Å². The maximum absolute atomic E-state index is 13.2. The van der Waals surface area contributed by atoms with Crippen LogP contribution < -0.4 is 21.7 Å². The Hall–Kier alpha value is -4.33. The molecule has 4 unspecified atom stereocenters. The molecule has 2 aromatic heterocycles. The fourth-order valence-electron chi connectivity index (χ4n) is 4.56. The molecule has 0 fully saturated rings. The van der Waals surface area contributed by atoms with Crippen LogP contribution in [0, 0.1) is 0 Å². The number of aromatic nitrogens is 2. The van der Waals surface area contributed by atoms with Crippen molar-refractivity contribution in [3.05, 3.63) is 72.1 Å². The number of hydrogen-bond donors (Lipinski definition) is 9. The van der Waals surface area contributed by atoms with Crippen molar-refractivity contribution >= 4 is 58.1 Å². The van der Waals surface area contributed by atoms with Gasteiger partial charge in [-0.05, 0) is 29.7 Å². The van der Waals surface area contributed by atoms with Crippen LogP contribution in [0.1, 0.15) is 11.1 Å². The van der Waals surface area contributed by atoms with Gasteiger partial charge >= 0.3 is 5.97 Å². The molecule has 4 rings (SSSR count). The number of H-pyrrole nitrogens is 2. The third-order valence-electron chi connectivity index (χ3n) is 6.80. The van der Waals surface area contributed by atoms with Crippen molar-refractivity contribution in [1.82, 2.24) is 25.9 Å². The maximum Gasteiger partial charge on any atom is 0.328 e. The molecule has 0 bridgehead atoms. The van der Waals surface area contributed by atoms with E-state index in [9.17, 15) is 29.4 Å². The number of nitrogens with two attached hydrogens (primary N) is 1. The predicted molar refractivity (Wildman–Crippen MR) is 156 cm³/mol. The highest BCUT2D eigenvalue weighted by Gasteiger charge is 2.30. The summed E-state index contributed by atoms with van der Waals surface area (Å²) < 4.78 is 0. The third kappa shape index (κ3) is 7.06. The lowest BCUT2D eigenvalue weighted by Gasteiger charge is -2.24. The predicted octanol–water partition coefficient (Wildman–Crippen LogP) is 0.223. The molecule has 41 heavy (non-hydrogen) atoms. The molecule has 0 radical (unpaired) electrons. The number of thiol groups is 1. The molecule has 0 aliphatic rings. The SMILES string of the molecule is NC(Cc1c[nH]c2ccccc12)C(=O)NC(CS)C(=O)NC(Cc1c[nH]c2ccccc12)C(=O)NC(CO)C(=O)O. The summed E-state index contributed by atoms with van der Waals surface area (Å²) in [6.07, 6.45) is 3.71. The molecular weight excluding hydrogens is 548 g/mol. The van der Waals surface area contributed by atoms with Gasteiger partial charge in [-0.25, -0.2) is 4.79 Å². The number of aliphatic carboxylic acids is 1. The molecule has 216 valence electrons. The monoisotopic (exact) mass is 580 g/mol. The van der Waals surface area contributed by atoms with Gasteiger partial charge in [0.1, 0.15) is 18.1 Å². The number of aromatic amines is 2. The van der Waals surface area contributed by atoms with Crippen molar-refractivity contribution in [3.63, 3.8) is 0 Å². The summed E-state index contributed by atoms with van der Waals surface area (Å²) in [5.41, 5.74) is 9.44. The van der Waals surface area contributed by atoms with Crippen molar-refractivity contribution in [2.75, 3.05) is 12.4 Å². The van der Waals surface area contributed by atoms with E-state index in [-0.39, 0.29) is 18.6 Å². The minimum atomic E-state index is -1.56. The van der Waals surface area contributed by atoms with Gasteiger partial charge in [0.15, 0.2) is 0 Å². The number of para-hydroxylation sites is 2. The summed E-state index contributed by atoms with van der Waals surface area (Å²) >= 11 is 4.21. The molecule has 2 aromatic carbocycles. The largest absolute Gasteiger partial charge is 0.480 e. The fraction of sp³-hybridized carbons (Fsp3) is 0.286. The molecule has 0 aliphatic carbocycles. The smallest absolute Gasteiger partial charge is 0.328 e. The Labute approximate surface area is 240 Å². The normalized spacial score (nSPS) is 14.2. The molecule has 0 saturated heterocycles. The summed E-state index contributed by atoms with van der Waals surface area (Å²) in [5, 5.41) is 27.8. The molecule has 0 saturated carbocycles. The zero-order valence-electron chi connectivity index (χ0n) is 22.0. The number of nitrogens with one attached hydrogen (secondary N) is 5. The van der Waals surface area contributed by atoms with Gasteiger partial charge in [-0.15, -0.1) is 0 Å². The van der Waals surface area contributed by atoms with Crippen LogP contribution in [0.25, 0.3) is 21.8 Å². The molecule has 4 aromatic rings. The van der Waals surface area contributed by atoms with E-state index in [0.29, 0.717) is 5.56 Å². The average molecular weight is 581 g/mol. The standard InChI is InChI=1S/C28H32N6O6S/c29-19(9-15-11-30-20-7-3-1-5-17(15)20)25(36)34-24(14-41)27(38)32-22(26(37)33-23(13-35)28(39)40)10-16-12-31-21-8-4-2-6-18(16)21/h1-8,11-12,19,22-24,30-31,35,41H,9-10,13-14,29H2,(H,32,38)(H,33,37)(H,34,36)(H,39,40).